The number of hydrogen-bond donors (Lipinski definition) is 1. The third kappa shape index (κ3) is 4.47. The van der Waals surface area contributed by atoms with E-state index in [9.17, 15) is 4.79 Å². The fourth-order valence-electron chi connectivity index (χ4n) is 3.94. The number of amides is 1. The molecule has 0 saturated carbocycles. The van der Waals surface area contributed by atoms with Crippen LogP contribution < -0.4 is 10.2 Å². The van der Waals surface area contributed by atoms with E-state index in [0.29, 0.717) is 43.5 Å². The molecule has 4 rings (SSSR count). The summed E-state index contributed by atoms with van der Waals surface area (Å²) in [7, 11) is 1.92. The van der Waals surface area contributed by atoms with E-state index in [1.54, 1.807) is 6.20 Å². The molecule has 0 spiro atoms. The minimum atomic E-state index is 0. The minimum Gasteiger partial charge on any atom is -0.415 e. The molecule has 9 nitrogen and oxygen atoms in total. The lowest BCUT2D eigenvalue weighted by atomic mass is 10.1. The zero-order valence-corrected chi connectivity index (χ0v) is 19.0. The van der Waals surface area contributed by atoms with Crippen molar-refractivity contribution in [2.45, 2.75) is 39.8 Å². The highest BCUT2D eigenvalue weighted by Gasteiger charge is 2.28. The second-order valence-corrected chi connectivity index (χ2v) is 8.04. The van der Waals surface area contributed by atoms with E-state index >= 15 is 0 Å². The lowest BCUT2D eigenvalue weighted by Crippen LogP contribution is -2.54. The Kier molecular flexibility index (Phi) is 6.45. The smallest absolute Gasteiger partial charge is 0.268 e. The molecule has 1 aromatic carbocycles. The Bertz CT molecular complexity index is 1090. The van der Waals surface area contributed by atoms with Crippen LogP contribution in [-0.2, 0) is 11.3 Å². The number of nitrogens with one attached hydrogen (secondary N) is 1. The van der Waals surface area contributed by atoms with Crippen molar-refractivity contribution in [3.05, 3.63) is 41.7 Å². The molecule has 1 saturated heterocycles. The van der Waals surface area contributed by atoms with Gasteiger partial charge in [0.2, 0.25) is 11.8 Å². The van der Waals surface area contributed by atoms with Crippen molar-refractivity contribution in [1.29, 1.82) is 0 Å². The summed E-state index contributed by atoms with van der Waals surface area (Å²) in [5, 5.41) is 11.6. The third-order valence-corrected chi connectivity index (χ3v) is 5.73. The van der Waals surface area contributed by atoms with Gasteiger partial charge >= 0.3 is 0 Å². The summed E-state index contributed by atoms with van der Waals surface area (Å²) in [4.78, 5) is 25.5. The zero-order valence-electron chi connectivity index (χ0n) is 19.0. The van der Waals surface area contributed by atoms with E-state index in [0.717, 1.165) is 23.6 Å². The molecule has 3 aromatic rings. The van der Waals surface area contributed by atoms with Crippen LogP contribution in [-0.4, -0.2) is 63.7 Å². The second kappa shape index (κ2) is 9.44. The van der Waals surface area contributed by atoms with Crippen LogP contribution in [0.3, 0.4) is 0 Å². The number of anilines is 1. The first-order valence-corrected chi connectivity index (χ1v) is 11.0. The van der Waals surface area contributed by atoms with Crippen molar-refractivity contribution in [1.82, 2.24) is 30.4 Å². The summed E-state index contributed by atoms with van der Waals surface area (Å²) >= 11 is 0. The summed E-state index contributed by atoms with van der Waals surface area (Å²) in [6.45, 7) is 8.73. The summed E-state index contributed by atoms with van der Waals surface area (Å²) in [5.74, 6) is 1.73. The van der Waals surface area contributed by atoms with Crippen LogP contribution in [0.15, 0.2) is 34.9 Å². The summed E-state index contributed by atoms with van der Waals surface area (Å²) in [5.41, 5.74) is 3.34. The van der Waals surface area contributed by atoms with Gasteiger partial charge in [0.1, 0.15) is 5.82 Å². The molecule has 0 aliphatic carbocycles. The molecule has 1 atom stereocenters. The van der Waals surface area contributed by atoms with Crippen LogP contribution in [0.2, 0.25) is 0 Å². The minimum absolute atomic E-state index is 0. The number of carbonyl (C=O) groups is 1. The predicted molar refractivity (Wildman–Crippen MR) is 124 cm³/mol. The number of benzene rings is 1. The SMILES string of the molecule is CCC(=O)N1CCN(c2cnc(C)c(-c3nnc(-c4ccc(CNC)cc4)o3)n2)C[C@H]1C.[HH]. The van der Waals surface area contributed by atoms with Gasteiger partial charge in [-0.15, -0.1) is 10.2 Å². The molecule has 3 heterocycles. The molecule has 170 valence electrons. The average Bonchev–Trinajstić information content (AvgIpc) is 3.29. The van der Waals surface area contributed by atoms with Crippen molar-refractivity contribution < 1.29 is 10.6 Å². The maximum Gasteiger partial charge on any atom is 0.268 e. The van der Waals surface area contributed by atoms with Gasteiger partial charge in [0.05, 0.1) is 11.9 Å². The third-order valence-electron chi connectivity index (χ3n) is 5.73. The maximum atomic E-state index is 12.1. The van der Waals surface area contributed by atoms with Gasteiger partial charge in [0, 0.05) is 45.6 Å². The fraction of sp³-hybridized carbons (Fsp3) is 0.435. The topological polar surface area (TPSA) is 100 Å². The number of piperazine rings is 1. The van der Waals surface area contributed by atoms with E-state index in [1.165, 1.54) is 5.56 Å². The molecule has 1 aliphatic heterocycles. The quantitative estimate of drug-likeness (QED) is 0.628. The van der Waals surface area contributed by atoms with Crippen LogP contribution in [0.1, 0.15) is 33.0 Å². The number of carbonyl (C=O) groups excluding carboxylic acids is 1. The standard InChI is InChI=1S/C23H29N7O2.H2/c1-5-20(31)30-11-10-29(14-15(30)2)19-13-25-16(3)21(26-19)23-28-27-22(32-23)18-8-6-17(7-9-18)12-24-4;/h6-9,13,15,24H,5,10-12,14H2,1-4H3;1H/t15-;/m1./s1. The van der Waals surface area contributed by atoms with Crippen molar-refractivity contribution >= 4 is 11.7 Å². The Morgan fingerprint density at radius 2 is 1.97 bits per heavy atom. The zero-order chi connectivity index (χ0) is 22.7. The lowest BCUT2D eigenvalue weighted by molar-refractivity contribution is -0.133. The molecule has 1 amide bonds. The van der Waals surface area contributed by atoms with E-state index in [1.807, 2.05) is 50.1 Å². The van der Waals surface area contributed by atoms with E-state index in [4.69, 9.17) is 9.40 Å². The summed E-state index contributed by atoms with van der Waals surface area (Å²) in [6.07, 6.45) is 2.29. The first-order chi connectivity index (χ1) is 15.5. The number of aromatic nitrogens is 4. The monoisotopic (exact) mass is 437 g/mol. The molecule has 1 aliphatic rings. The molecular formula is C23H31N7O2. The van der Waals surface area contributed by atoms with Gasteiger partial charge in [0.15, 0.2) is 5.69 Å². The molecule has 1 fully saturated rings. The van der Waals surface area contributed by atoms with Gasteiger partial charge in [-0.1, -0.05) is 19.1 Å². The predicted octanol–water partition coefficient (Wildman–Crippen LogP) is 2.91. The molecule has 32 heavy (non-hydrogen) atoms. The second-order valence-electron chi connectivity index (χ2n) is 8.04. The van der Waals surface area contributed by atoms with Gasteiger partial charge in [-0.05, 0) is 38.6 Å². The van der Waals surface area contributed by atoms with E-state index in [-0.39, 0.29) is 13.4 Å². The Balaban J connectivity index is 0.00000306. The van der Waals surface area contributed by atoms with Crippen molar-refractivity contribution in [3.63, 3.8) is 0 Å². The average molecular weight is 438 g/mol. The summed E-state index contributed by atoms with van der Waals surface area (Å²) in [6, 6.07) is 8.12. The Labute approximate surface area is 189 Å². The van der Waals surface area contributed by atoms with Crippen LogP contribution in [0.25, 0.3) is 23.0 Å². The van der Waals surface area contributed by atoms with Crippen LogP contribution >= 0.6 is 0 Å². The molecule has 1 N–H and O–H groups in total. The van der Waals surface area contributed by atoms with Gasteiger partial charge in [-0.3, -0.25) is 9.78 Å². The number of hydrogen-bond acceptors (Lipinski definition) is 8. The highest BCUT2D eigenvalue weighted by molar-refractivity contribution is 5.76. The normalized spacial score (nSPS) is 16.4. The Hall–Kier alpha value is -3.33. The van der Waals surface area contributed by atoms with Crippen molar-refractivity contribution in [3.8, 4) is 23.0 Å². The number of nitrogens with zero attached hydrogens (tertiary/aromatic N) is 6. The fourth-order valence-corrected chi connectivity index (χ4v) is 3.94. The first kappa shape index (κ1) is 21.9. The Morgan fingerprint density at radius 3 is 2.66 bits per heavy atom. The maximum absolute atomic E-state index is 12.1. The van der Waals surface area contributed by atoms with Gasteiger partial charge in [-0.2, -0.15) is 0 Å². The molecular weight excluding hydrogens is 406 g/mol. The lowest BCUT2D eigenvalue weighted by Gasteiger charge is -2.40. The molecule has 9 heteroatoms. The number of rotatable bonds is 6. The van der Waals surface area contributed by atoms with Gasteiger partial charge in [-0.25, -0.2) is 4.98 Å². The van der Waals surface area contributed by atoms with Crippen LogP contribution in [0.4, 0.5) is 5.82 Å². The highest BCUT2D eigenvalue weighted by Crippen LogP contribution is 2.27. The highest BCUT2D eigenvalue weighted by atomic mass is 16.4. The van der Waals surface area contributed by atoms with E-state index < -0.39 is 0 Å². The first-order valence-electron chi connectivity index (χ1n) is 11.0. The largest absolute Gasteiger partial charge is 0.415 e. The van der Waals surface area contributed by atoms with E-state index in [2.05, 4.69) is 32.3 Å². The van der Waals surface area contributed by atoms with Crippen molar-refractivity contribution in [2.75, 3.05) is 31.6 Å². The molecule has 0 radical (unpaired) electrons. The van der Waals surface area contributed by atoms with Crippen LogP contribution in [0, 0.1) is 6.92 Å². The molecule has 0 unspecified atom stereocenters. The van der Waals surface area contributed by atoms with Crippen molar-refractivity contribution in [2.24, 2.45) is 0 Å². The molecule has 2 aromatic heterocycles. The number of aryl methyl sites for hydroxylation is 1. The van der Waals surface area contributed by atoms with Gasteiger partial charge in [0.25, 0.3) is 5.89 Å². The van der Waals surface area contributed by atoms with Gasteiger partial charge < -0.3 is 19.5 Å². The van der Waals surface area contributed by atoms with Crippen LogP contribution in [0.5, 0.6) is 0 Å². The summed E-state index contributed by atoms with van der Waals surface area (Å²) < 4.78 is 5.95. The molecule has 0 bridgehead atoms. The Morgan fingerprint density at radius 1 is 1.22 bits per heavy atom.